The lowest BCUT2D eigenvalue weighted by Crippen LogP contribution is -2.27. The fraction of sp³-hybridized carbons (Fsp3) is 0.600. The number of hydrogen-bond donors (Lipinski definition) is 2. The lowest BCUT2D eigenvalue weighted by atomic mass is 10.4. The van der Waals surface area contributed by atoms with Crippen molar-refractivity contribution in [3.63, 3.8) is 0 Å². The van der Waals surface area contributed by atoms with Gasteiger partial charge in [-0.15, -0.1) is 11.3 Å². The standard InChI is InChI=1S/C10H17N3O4S2/c1-4-17-9(14)8-7(2)18-10(13-8)11-5-6-12-19(3,15)16/h12H,4-6H2,1-3H3,(H,11,13). The Kier molecular flexibility index (Phi) is 5.70. The minimum absolute atomic E-state index is 0.256. The Morgan fingerprint density at radius 1 is 1.42 bits per heavy atom. The molecule has 0 atom stereocenters. The van der Waals surface area contributed by atoms with Gasteiger partial charge < -0.3 is 10.1 Å². The highest BCUT2D eigenvalue weighted by Gasteiger charge is 2.16. The van der Waals surface area contributed by atoms with Crippen molar-refractivity contribution in [3.05, 3.63) is 10.6 Å². The summed E-state index contributed by atoms with van der Waals surface area (Å²) < 4.78 is 28.9. The quantitative estimate of drug-likeness (QED) is 0.565. The van der Waals surface area contributed by atoms with Gasteiger partial charge in [0.05, 0.1) is 12.9 Å². The number of ether oxygens (including phenoxy) is 1. The van der Waals surface area contributed by atoms with Gasteiger partial charge in [0.25, 0.3) is 0 Å². The maximum atomic E-state index is 11.5. The van der Waals surface area contributed by atoms with Crippen molar-refractivity contribution in [2.24, 2.45) is 0 Å². The average Bonchev–Trinajstić information content (AvgIpc) is 2.65. The molecule has 1 aromatic heterocycles. The zero-order valence-corrected chi connectivity index (χ0v) is 12.7. The number of sulfonamides is 1. The van der Waals surface area contributed by atoms with Gasteiger partial charge in [-0.25, -0.2) is 22.9 Å². The van der Waals surface area contributed by atoms with Gasteiger partial charge in [-0.2, -0.15) is 0 Å². The molecule has 1 heterocycles. The van der Waals surface area contributed by atoms with Crippen molar-refractivity contribution in [3.8, 4) is 0 Å². The van der Waals surface area contributed by atoms with Crippen LogP contribution in [0.2, 0.25) is 0 Å². The molecule has 9 heteroatoms. The third kappa shape index (κ3) is 5.53. The molecule has 0 unspecified atom stereocenters. The first-order valence-corrected chi connectivity index (χ1v) is 8.37. The van der Waals surface area contributed by atoms with Gasteiger partial charge in [-0.05, 0) is 13.8 Å². The van der Waals surface area contributed by atoms with Crippen LogP contribution in [0.1, 0.15) is 22.3 Å². The Balaban J connectivity index is 2.52. The van der Waals surface area contributed by atoms with Gasteiger partial charge in [-0.1, -0.05) is 0 Å². The number of aromatic nitrogens is 1. The molecule has 0 aromatic carbocycles. The zero-order chi connectivity index (χ0) is 14.5. The minimum atomic E-state index is -3.18. The predicted molar refractivity (Wildman–Crippen MR) is 74.1 cm³/mol. The van der Waals surface area contributed by atoms with Gasteiger partial charge in [0.2, 0.25) is 10.0 Å². The third-order valence-electron chi connectivity index (χ3n) is 2.03. The van der Waals surface area contributed by atoms with Gasteiger partial charge >= 0.3 is 5.97 Å². The molecule has 2 N–H and O–H groups in total. The summed E-state index contributed by atoms with van der Waals surface area (Å²) in [6, 6.07) is 0. The molecule has 0 spiro atoms. The largest absolute Gasteiger partial charge is 0.461 e. The predicted octanol–water partition coefficient (Wildman–Crippen LogP) is 0.589. The fourth-order valence-electron chi connectivity index (χ4n) is 1.27. The van der Waals surface area contributed by atoms with Crippen LogP contribution in [0.4, 0.5) is 5.13 Å². The van der Waals surface area contributed by atoms with E-state index >= 15 is 0 Å². The van der Waals surface area contributed by atoms with Gasteiger partial charge in [0.15, 0.2) is 10.8 Å². The van der Waals surface area contributed by atoms with Crippen LogP contribution in [0.5, 0.6) is 0 Å². The number of nitrogens with one attached hydrogen (secondary N) is 2. The Hall–Kier alpha value is -1.19. The Bertz CT molecular complexity index is 539. The van der Waals surface area contributed by atoms with Crippen LogP contribution in [0.15, 0.2) is 0 Å². The number of carbonyl (C=O) groups is 1. The highest BCUT2D eigenvalue weighted by molar-refractivity contribution is 7.88. The van der Waals surface area contributed by atoms with Crippen LogP contribution >= 0.6 is 11.3 Å². The number of esters is 1. The molecule has 0 saturated carbocycles. The van der Waals surface area contributed by atoms with Gasteiger partial charge in [0.1, 0.15) is 0 Å². The summed E-state index contributed by atoms with van der Waals surface area (Å²) in [7, 11) is -3.18. The van der Waals surface area contributed by atoms with Crippen LogP contribution < -0.4 is 10.0 Å². The average molecular weight is 307 g/mol. The van der Waals surface area contributed by atoms with Crippen molar-refractivity contribution in [2.45, 2.75) is 13.8 Å². The van der Waals surface area contributed by atoms with Gasteiger partial charge in [0, 0.05) is 18.0 Å². The summed E-state index contributed by atoms with van der Waals surface area (Å²) in [4.78, 5) is 16.4. The smallest absolute Gasteiger partial charge is 0.358 e. The number of hydrogen-bond acceptors (Lipinski definition) is 7. The third-order valence-corrected chi connectivity index (χ3v) is 3.69. The molecule has 0 saturated heterocycles. The highest BCUT2D eigenvalue weighted by Crippen LogP contribution is 2.22. The van der Waals surface area contributed by atoms with Crippen LogP contribution in [-0.4, -0.2) is 45.3 Å². The molecule has 1 rings (SSSR count). The maximum Gasteiger partial charge on any atom is 0.358 e. The second-order valence-corrected chi connectivity index (χ2v) is 6.77. The highest BCUT2D eigenvalue weighted by atomic mass is 32.2. The number of rotatable bonds is 7. The lowest BCUT2D eigenvalue weighted by Gasteiger charge is -2.02. The van der Waals surface area contributed by atoms with Crippen molar-refractivity contribution < 1.29 is 17.9 Å². The SMILES string of the molecule is CCOC(=O)c1nc(NCCNS(C)(=O)=O)sc1C. The summed E-state index contributed by atoms with van der Waals surface area (Å²) >= 11 is 1.33. The van der Waals surface area contributed by atoms with Crippen molar-refractivity contribution in [1.82, 2.24) is 9.71 Å². The van der Waals surface area contributed by atoms with Crippen LogP contribution in [0.3, 0.4) is 0 Å². The second kappa shape index (κ2) is 6.83. The molecule has 0 fully saturated rings. The van der Waals surface area contributed by atoms with E-state index in [-0.39, 0.29) is 6.54 Å². The van der Waals surface area contributed by atoms with Crippen LogP contribution in [0.25, 0.3) is 0 Å². The number of thiazole rings is 1. The fourth-order valence-corrected chi connectivity index (χ4v) is 2.57. The Morgan fingerprint density at radius 2 is 2.11 bits per heavy atom. The summed E-state index contributed by atoms with van der Waals surface area (Å²) in [6.07, 6.45) is 1.10. The molecule has 1 aromatic rings. The van der Waals surface area contributed by atoms with Crippen molar-refractivity contribution in [2.75, 3.05) is 31.3 Å². The molecular formula is C10H17N3O4S2. The second-order valence-electron chi connectivity index (χ2n) is 3.74. The van der Waals surface area contributed by atoms with E-state index in [1.54, 1.807) is 13.8 Å². The number of anilines is 1. The summed E-state index contributed by atoms with van der Waals surface area (Å²) in [5.74, 6) is -0.446. The number of aryl methyl sites for hydroxylation is 1. The summed E-state index contributed by atoms with van der Waals surface area (Å²) in [5, 5.41) is 3.51. The molecular weight excluding hydrogens is 290 g/mol. The maximum absolute atomic E-state index is 11.5. The first-order valence-electron chi connectivity index (χ1n) is 5.66. The van der Waals surface area contributed by atoms with E-state index in [1.165, 1.54) is 11.3 Å². The molecule has 0 radical (unpaired) electrons. The van der Waals surface area contributed by atoms with E-state index in [4.69, 9.17) is 4.74 Å². The molecule has 0 aliphatic heterocycles. The topological polar surface area (TPSA) is 97.4 Å². The Morgan fingerprint density at radius 3 is 2.68 bits per heavy atom. The van der Waals surface area contributed by atoms with E-state index in [0.29, 0.717) is 24.0 Å². The molecule has 0 aliphatic carbocycles. The number of nitrogens with zero attached hydrogens (tertiary/aromatic N) is 1. The van der Waals surface area contributed by atoms with E-state index < -0.39 is 16.0 Å². The van der Waals surface area contributed by atoms with E-state index in [0.717, 1.165) is 11.1 Å². The van der Waals surface area contributed by atoms with Gasteiger partial charge in [-0.3, -0.25) is 0 Å². The van der Waals surface area contributed by atoms with E-state index in [1.807, 2.05) is 0 Å². The summed E-state index contributed by atoms with van der Waals surface area (Å²) in [5.41, 5.74) is 0.297. The van der Waals surface area contributed by atoms with Crippen molar-refractivity contribution >= 4 is 32.5 Å². The Labute approximate surface area is 116 Å². The van der Waals surface area contributed by atoms with Crippen LogP contribution in [0, 0.1) is 6.92 Å². The lowest BCUT2D eigenvalue weighted by molar-refractivity contribution is 0.0519. The molecule has 108 valence electrons. The summed E-state index contributed by atoms with van der Waals surface area (Å²) in [6.45, 7) is 4.46. The monoisotopic (exact) mass is 307 g/mol. The van der Waals surface area contributed by atoms with Crippen LogP contribution in [-0.2, 0) is 14.8 Å². The van der Waals surface area contributed by atoms with E-state index in [2.05, 4.69) is 15.0 Å². The molecule has 0 bridgehead atoms. The zero-order valence-electron chi connectivity index (χ0n) is 11.0. The molecule has 19 heavy (non-hydrogen) atoms. The molecule has 0 aliphatic rings. The van der Waals surface area contributed by atoms with E-state index in [9.17, 15) is 13.2 Å². The number of carbonyl (C=O) groups excluding carboxylic acids is 1. The minimum Gasteiger partial charge on any atom is -0.461 e. The normalized spacial score (nSPS) is 11.3. The first kappa shape index (κ1) is 15.9. The first-order chi connectivity index (χ1) is 8.83. The molecule has 7 nitrogen and oxygen atoms in total. The molecule has 0 amide bonds. The van der Waals surface area contributed by atoms with Crippen molar-refractivity contribution in [1.29, 1.82) is 0 Å².